The fraction of sp³-hybridized carbons (Fsp3) is 0.947. The van der Waals surface area contributed by atoms with Crippen molar-refractivity contribution in [3.63, 3.8) is 0 Å². The molecule has 46 heavy (non-hydrogen) atoms. The summed E-state index contributed by atoms with van der Waals surface area (Å²) < 4.78 is 30.6. The van der Waals surface area contributed by atoms with Crippen molar-refractivity contribution in [3.8, 4) is 0 Å². The molecule has 0 amide bonds. The van der Waals surface area contributed by atoms with E-state index < -0.39 is 0 Å². The molecule has 9 atom stereocenters. The Morgan fingerprint density at radius 3 is 1.96 bits per heavy atom. The molecular weight excluding hydrogens is 584 g/mol. The minimum atomic E-state index is -0.366. The zero-order valence-electron chi connectivity index (χ0n) is 29.2. The van der Waals surface area contributed by atoms with Crippen molar-refractivity contribution in [2.45, 2.75) is 217 Å². The molecule has 0 bridgehead atoms. The van der Waals surface area contributed by atoms with Gasteiger partial charge in [-0.1, -0.05) is 84.0 Å². The second kappa shape index (κ2) is 21.1. The molecule has 8 heteroatoms. The van der Waals surface area contributed by atoms with E-state index in [4.69, 9.17) is 23.7 Å². The summed E-state index contributed by atoms with van der Waals surface area (Å²) in [5.74, 6) is -0.347. The SMILES string of the molecule is CCCCCCCCCC[C@H](O)[C@H]1CC[C@H]([C@H]2CC[C@@H]([C@@H]3CC[C@@H](CCCCCCC[C@@H]4C[C@H](CC(C)=O)C(=O)O4)O3)OCO2)O1. The summed E-state index contributed by atoms with van der Waals surface area (Å²) in [5, 5.41) is 10.8. The lowest BCUT2D eigenvalue weighted by molar-refractivity contribution is -0.154. The molecule has 266 valence electrons. The van der Waals surface area contributed by atoms with Crippen molar-refractivity contribution < 1.29 is 38.4 Å². The van der Waals surface area contributed by atoms with Gasteiger partial charge >= 0.3 is 5.97 Å². The summed E-state index contributed by atoms with van der Waals surface area (Å²) in [4.78, 5) is 23.2. The molecule has 4 rings (SSSR count). The third-order valence-corrected chi connectivity index (χ3v) is 10.9. The maximum absolute atomic E-state index is 11.9. The van der Waals surface area contributed by atoms with Crippen LogP contribution in [0.15, 0.2) is 0 Å². The number of ether oxygens (including phenoxy) is 5. The Hall–Kier alpha value is -1.06. The highest BCUT2D eigenvalue weighted by Crippen LogP contribution is 2.34. The fourth-order valence-electron chi connectivity index (χ4n) is 8.12. The predicted octanol–water partition coefficient (Wildman–Crippen LogP) is 8.14. The number of unbranched alkanes of at least 4 members (excludes halogenated alkanes) is 11. The largest absolute Gasteiger partial charge is 0.462 e. The molecule has 1 N–H and O–H groups in total. The van der Waals surface area contributed by atoms with Crippen LogP contribution < -0.4 is 0 Å². The Morgan fingerprint density at radius 2 is 1.28 bits per heavy atom. The second-order valence-electron chi connectivity index (χ2n) is 14.8. The number of aliphatic hydroxyl groups is 1. The molecule has 0 spiro atoms. The predicted molar refractivity (Wildman–Crippen MR) is 178 cm³/mol. The van der Waals surface area contributed by atoms with Crippen LogP contribution in [0.5, 0.6) is 0 Å². The van der Waals surface area contributed by atoms with E-state index in [0.29, 0.717) is 25.7 Å². The molecule has 4 fully saturated rings. The van der Waals surface area contributed by atoms with Crippen molar-refractivity contribution in [2.24, 2.45) is 5.92 Å². The molecule has 8 nitrogen and oxygen atoms in total. The van der Waals surface area contributed by atoms with Gasteiger partial charge in [0, 0.05) is 6.42 Å². The molecule has 0 aromatic heterocycles. The first-order valence-electron chi connectivity index (χ1n) is 19.3. The number of hydrogen-bond donors (Lipinski definition) is 1. The lowest BCUT2D eigenvalue weighted by Gasteiger charge is -2.24. The van der Waals surface area contributed by atoms with Gasteiger partial charge in [-0.3, -0.25) is 4.79 Å². The van der Waals surface area contributed by atoms with Gasteiger partial charge in [0.05, 0.1) is 48.6 Å². The average Bonchev–Trinajstić information content (AvgIpc) is 3.75. The van der Waals surface area contributed by atoms with Gasteiger partial charge in [0.15, 0.2) is 0 Å². The standard InChI is InChI=1S/C38H66O8/c1-3-4-5-6-7-8-12-15-18-32(40)33-21-24-37(46-33)35-23-22-34(42-27-43-35)36-20-19-30(44-36)16-13-10-9-11-14-17-31-26-29(25-28(2)39)38(41)45-31/h29-37,40H,3-27H2,1-2H3/t29-,30+,31+,32-,33+,34-,35+,36-,37+/m0/s1. The van der Waals surface area contributed by atoms with Crippen LogP contribution in [-0.4, -0.2) is 72.5 Å². The quantitative estimate of drug-likeness (QED) is 0.0926. The zero-order chi connectivity index (χ0) is 32.6. The summed E-state index contributed by atoms with van der Waals surface area (Å²) in [6.45, 7) is 4.09. The van der Waals surface area contributed by atoms with E-state index in [-0.39, 0.29) is 60.4 Å². The number of esters is 1. The van der Waals surface area contributed by atoms with E-state index in [9.17, 15) is 14.7 Å². The topological polar surface area (TPSA) is 101 Å². The third kappa shape index (κ3) is 13.1. The van der Waals surface area contributed by atoms with Gasteiger partial charge in [0.2, 0.25) is 0 Å². The maximum atomic E-state index is 11.9. The van der Waals surface area contributed by atoms with Gasteiger partial charge in [0.1, 0.15) is 18.7 Å². The summed E-state index contributed by atoms with van der Waals surface area (Å²) in [6.07, 6.45) is 26.0. The first-order valence-corrected chi connectivity index (χ1v) is 19.3. The van der Waals surface area contributed by atoms with Crippen molar-refractivity contribution >= 4 is 11.8 Å². The highest BCUT2D eigenvalue weighted by molar-refractivity contribution is 5.83. The Bertz CT molecular complexity index is 866. The Kier molecular flexibility index (Phi) is 17.3. The molecule has 4 aliphatic rings. The molecule has 0 aliphatic carbocycles. The van der Waals surface area contributed by atoms with E-state index >= 15 is 0 Å². The molecule has 0 aromatic carbocycles. The highest BCUT2D eigenvalue weighted by atomic mass is 16.7. The van der Waals surface area contributed by atoms with Crippen LogP contribution in [0.2, 0.25) is 0 Å². The van der Waals surface area contributed by atoms with Crippen LogP contribution >= 0.6 is 0 Å². The summed E-state index contributed by atoms with van der Waals surface area (Å²) in [7, 11) is 0. The van der Waals surface area contributed by atoms with Gasteiger partial charge in [-0.15, -0.1) is 0 Å². The molecule has 4 aliphatic heterocycles. The van der Waals surface area contributed by atoms with Crippen LogP contribution in [-0.2, 0) is 33.3 Å². The van der Waals surface area contributed by atoms with E-state index in [2.05, 4.69) is 6.92 Å². The number of hydrogen-bond acceptors (Lipinski definition) is 8. The smallest absolute Gasteiger partial charge is 0.309 e. The number of cyclic esters (lactones) is 1. The normalized spacial score (nSPS) is 32.5. The number of Topliss-reactive ketones (excluding diaryl/α,β-unsaturated/α-hetero) is 1. The maximum Gasteiger partial charge on any atom is 0.309 e. The molecule has 0 unspecified atom stereocenters. The third-order valence-electron chi connectivity index (χ3n) is 10.9. The highest BCUT2D eigenvalue weighted by Gasteiger charge is 2.39. The van der Waals surface area contributed by atoms with Crippen molar-refractivity contribution in [1.82, 2.24) is 0 Å². The summed E-state index contributed by atoms with van der Waals surface area (Å²) in [5.41, 5.74) is 0. The molecule has 4 saturated heterocycles. The summed E-state index contributed by atoms with van der Waals surface area (Å²) in [6, 6.07) is 0. The van der Waals surface area contributed by atoms with E-state index in [1.165, 1.54) is 64.2 Å². The number of carbonyl (C=O) groups is 2. The van der Waals surface area contributed by atoms with Crippen LogP contribution in [0.4, 0.5) is 0 Å². The average molecular weight is 651 g/mol. The number of aliphatic hydroxyl groups excluding tert-OH is 1. The molecular formula is C38H66O8. The van der Waals surface area contributed by atoms with E-state index in [1.54, 1.807) is 6.92 Å². The van der Waals surface area contributed by atoms with Crippen LogP contribution in [0, 0.1) is 5.92 Å². The Balaban J connectivity index is 1.01. The van der Waals surface area contributed by atoms with Gasteiger partial charge in [-0.05, 0) is 77.6 Å². The van der Waals surface area contributed by atoms with Crippen LogP contribution in [0.3, 0.4) is 0 Å². The minimum absolute atomic E-state index is 0.00238. The van der Waals surface area contributed by atoms with Gasteiger partial charge in [0.25, 0.3) is 0 Å². The van der Waals surface area contributed by atoms with Crippen molar-refractivity contribution in [1.29, 1.82) is 0 Å². The minimum Gasteiger partial charge on any atom is -0.462 e. The first kappa shape index (κ1) is 37.8. The van der Waals surface area contributed by atoms with E-state index in [1.807, 2.05) is 0 Å². The van der Waals surface area contributed by atoms with Crippen LogP contribution in [0.25, 0.3) is 0 Å². The molecule has 4 heterocycles. The second-order valence-corrected chi connectivity index (χ2v) is 14.8. The number of rotatable bonds is 22. The molecule has 0 radical (unpaired) electrons. The zero-order valence-corrected chi connectivity index (χ0v) is 29.2. The fourth-order valence-corrected chi connectivity index (χ4v) is 8.12. The Morgan fingerprint density at radius 1 is 0.717 bits per heavy atom. The van der Waals surface area contributed by atoms with Gasteiger partial charge in [-0.25, -0.2) is 0 Å². The lowest BCUT2D eigenvalue weighted by atomic mass is 9.96. The number of ketones is 1. The Labute approximate surface area is 279 Å². The van der Waals surface area contributed by atoms with Crippen molar-refractivity contribution in [2.75, 3.05) is 6.79 Å². The number of carbonyl (C=O) groups excluding carboxylic acids is 2. The van der Waals surface area contributed by atoms with E-state index in [0.717, 1.165) is 77.0 Å². The monoisotopic (exact) mass is 650 g/mol. The van der Waals surface area contributed by atoms with Crippen LogP contribution in [0.1, 0.15) is 168 Å². The van der Waals surface area contributed by atoms with Crippen molar-refractivity contribution in [3.05, 3.63) is 0 Å². The van der Waals surface area contributed by atoms with Gasteiger partial charge in [-0.2, -0.15) is 0 Å². The van der Waals surface area contributed by atoms with Gasteiger partial charge < -0.3 is 33.6 Å². The summed E-state index contributed by atoms with van der Waals surface area (Å²) >= 11 is 0. The molecule has 0 aromatic rings. The molecule has 0 saturated carbocycles. The lowest BCUT2D eigenvalue weighted by Crippen LogP contribution is -2.32. The first-order chi connectivity index (χ1) is 22.4.